The molecule has 1 aliphatic rings. The number of methoxy groups -OCH3 is 2. The van der Waals surface area contributed by atoms with E-state index in [2.05, 4.69) is 5.10 Å². The first-order valence-corrected chi connectivity index (χ1v) is 9.89. The van der Waals surface area contributed by atoms with Crippen molar-refractivity contribution in [1.29, 1.82) is 0 Å². The van der Waals surface area contributed by atoms with Crippen molar-refractivity contribution in [2.45, 2.75) is 25.8 Å². The smallest absolute Gasteiger partial charge is 0.262 e. The molecule has 0 radical (unpaired) electrons. The number of benzene rings is 2. The maximum atomic E-state index is 13.1. The van der Waals surface area contributed by atoms with Crippen molar-refractivity contribution >= 4 is 17.5 Å². The third-order valence-corrected chi connectivity index (χ3v) is 5.17. The van der Waals surface area contributed by atoms with E-state index in [1.54, 1.807) is 28.2 Å². The number of hydrogen-bond acceptors (Lipinski definition) is 5. The summed E-state index contributed by atoms with van der Waals surface area (Å²) in [5.41, 5.74) is 2.55. The van der Waals surface area contributed by atoms with Gasteiger partial charge in [-0.2, -0.15) is 5.10 Å². The van der Waals surface area contributed by atoms with E-state index in [9.17, 15) is 9.59 Å². The molecule has 1 heterocycles. The summed E-state index contributed by atoms with van der Waals surface area (Å²) in [4.78, 5) is 26.5. The van der Waals surface area contributed by atoms with Crippen LogP contribution in [0.5, 0.6) is 11.5 Å². The number of ether oxygens (including phenoxy) is 2. The maximum Gasteiger partial charge on any atom is 0.262 e. The summed E-state index contributed by atoms with van der Waals surface area (Å²) in [7, 11) is 4.85. The van der Waals surface area contributed by atoms with Gasteiger partial charge in [-0.1, -0.05) is 37.3 Å². The molecule has 1 atom stereocenters. The van der Waals surface area contributed by atoms with Gasteiger partial charge in [0.25, 0.3) is 5.91 Å². The lowest BCUT2D eigenvalue weighted by Crippen LogP contribution is -2.39. The highest BCUT2D eigenvalue weighted by molar-refractivity contribution is 6.03. The van der Waals surface area contributed by atoms with E-state index in [1.807, 2.05) is 48.5 Å². The highest BCUT2D eigenvalue weighted by Gasteiger charge is 2.35. The standard InChI is InChI=1S/C23H27N3O4/c1-5-22(27)25(2)15-23(28)26-20(18-11-6-7-12-21(18)30-4)14-19(24-26)16-9-8-10-17(13-16)29-3/h6-13,20H,5,14-15H2,1-4H3/t20-/m0/s1. The quantitative estimate of drug-likeness (QED) is 0.704. The molecule has 30 heavy (non-hydrogen) atoms. The Labute approximate surface area is 176 Å². The Balaban J connectivity index is 1.96. The summed E-state index contributed by atoms with van der Waals surface area (Å²) in [6, 6.07) is 14.9. The van der Waals surface area contributed by atoms with Crippen molar-refractivity contribution < 1.29 is 19.1 Å². The summed E-state index contributed by atoms with van der Waals surface area (Å²) in [5.74, 6) is 1.09. The molecule has 7 nitrogen and oxygen atoms in total. The second kappa shape index (κ2) is 9.43. The molecule has 2 aromatic rings. The predicted octanol–water partition coefficient (Wildman–Crippen LogP) is 3.25. The Kier molecular flexibility index (Phi) is 6.72. The van der Waals surface area contributed by atoms with Crippen LogP contribution in [0.15, 0.2) is 53.6 Å². The number of nitrogens with zero attached hydrogens (tertiary/aromatic N) is 3. The Morgan fingerprint density at radius 1 is 1.13 bits per heavy atom. The zero-order valence-corrected chi connectivity index (χ0v) is 17.8. The van der Waals surface area contributed by atoms with E-state index in [0.29, 0.717) is 18.6 Å². The van der Waals surface area contributed by atoms with Crippen LogP contribution in [0.3, 0.4) is 0 Å². The SMILES string of the molecule is CCC(=O)N(C)CC(=O)N1N=C(c2cccc(OC)c2)C[C@H]1c1ccccc1OC. The first kappa shape index (κ1) is 21.4. The van der Waals surface area contributed by atoms with Gasteiger partial charge < -0.3 is 14.4 Å². The molecule has 0 aliphatic carbocycles. The number of hydrazone groups is 1. The van der Waals surface area contributed by atoms with Gasteiger partial charge in [-0.05, 0) is 18.2 Å². The first-order valence-electron chi connectivity index (χ1n) is 9.89. The van der Waals surface area contributed by atoms with Crippen LogP contribution in [0.4, 0.5) is 0 Å². The van der Waals surface area contributed by atoms with Crippen molar-refractivity contribution in [3.05, 3.63) is 59.7 Å². The number of carbonyl (C=O) groups excluding carboxylic acids is 2. The largest absolute Gasteiger partial charge is 0.497 e. The summed E-state index contributed by atoms with van der Waals surface area (Å²) in [6.07, 6.45) is 0.878. The Hall–Kier alpha value is -3.35. The van der Waals surface area contributed by atoms with Gasteiger partial charge in [-0.3, -0.25) is 9.59 Å². The van der Waals surface area contributed by atoms with Gasteiger partial charge in [-0.25, -0.2) is 5.01 Å². The third-order valence-electron chi connectivity index (χ3n) is 5.17. The van der Waals surface area contributed by atoms with Crippen molar-refractivity contribution in [2.24, 2.45) is 5.10 Å². The van der Waals surface area contributed by atoms with Gasteiger partial charge >= 0.3 is 0 Å². The lowest BCUT2D eigenvalue weighted by atomic mass is 9.97. The lowest BCUT2D eigenvalue weighted by molar-refractivity contribution is -0.140. The molecular weight excluding hydrogens is 382 g/mol. The summed E-state index contributed by atoms with van der Waals surface area (Å²) in [6.45, 7) is 1.74. The molecule has 1 aliphatic heterocycles. The Bertz CT molecular complexity index is 957. The number of likely N-dealkylation sites (N-methyl/N-ethyl adjacent to an activating group) is 1. The molecule has 2 amide bonds. The average Bonchev–Trinajstić information content (AvgIpc) is 3.24. The lowest BCUT2D eigenvalue weighted by Gasteiger charge is -2.25. The van der Waals surface area contributed by atoms with Gasteiger partial charge in [-0.15, -0.1) is 0 Å². The van der Waals surface area contributed by atoms with Crippen molar-refractivity contribution in [3.8, 4) is 11.5 Å². The third kappa shape index (κ3) is 4.45. The minimum Gasteiger partial charge on any atom is -0.497 e. The fourth-order valence-corrected chi connectivity index (χ4v) is 3.53. The predicted molar refractivity (Wildman–Crippen MR) is 115 cm³/mol. The fourth-order valence-electron chi connectivity index (χ4n) is 3.53. The minimum atomic E-state index is -0.319. The van der Waals surface area contributed by atoms with Crippen LogP contribution in [-0.4, -0.2) is 55.2 Å². The monoisotopic (exact) mass is 409 g/mol. The molecule has 0 fully saturated rings. The van der Waals surface area contributed by atoms with Crippen LogP contribution in [0.1, 0.15) is 36.9 Å². The Morgan fingerprint density at radius 2 is 1.90 bits per heavy atom. The summed E-state index contributed by atoms with van der Waals surface area (Å²) >= 11 is 0. The number of hydrogen-bond donors (Lipinski definition) is 0. The zero-order chi connectivity index (χ0) is 21.7. The molecule has 0 saturated carbocycles. The van der Waals surface area contributed by atoms with Crippen LogP contribution in [-0.2, 0) is 9.59 Å². The van der Waals surface area contributed by atoms with Gasteiger partial charge in [0.2, 0.25) is 5.91 Å². The van der Waals surface area contributed by atoms with Gasteiger partial charge in [0.05, 0.1) is 26.0 Å². The van der Waals surface area contributed by atoms with Crippen LogP contribution in [0.25, 0.3) is 0 Å². The number of para-hydroxylation sites is 1. The summed E-state index contributed by atoms with van der Waals surface area (Å²) in [5, 5.41) is 6.13. The van der Waals surface area contributed by atoms with Gasteiger partial charge in [0.15, 0.2) is 0 Å². The van der Waals surface area contributed by atoms with Gasteiger partial charge in [0, 0.05) is 31.0 Å². The number of rotatable bonds is 7. The topological polar surface area (TPSA) is 71.4 Å². The first-order chi connectivity index (χ1) is 14.5. The second-order valence-corrected chi connectivity index (χ2v) is 7.08. The molecular formula is C23H27N3O4. The highest BCUT2D eigenvalue weighted by atomic mass is 16.5. The molecule has 0 saturated heterocycles. The molecule has 158 valence electrons. The van der Waals surface area contributed by atoms with Crippen LogP contribution >= 0.6 is 0 Å². The molecule has 3 rings (SSSR count). The number of carbonyl (C=O) groups is 2. The van der Waals surface area contributed by atoms with E-state index in [-0.39, 0.29) is 24.4 Å². The average molecular weight is 409 g/mol. The minimum absolute atomic E-state index is 0.0345. The molecule has 0 unspecified atom stereocenters. The molecule has 0 bridgehead atoms. The van der Waals surface area contributed by atoms with Crippen LogP contribution in [0, 0.1) is 0 Å². The van der Waals surface area contributed by atoms with Crippen molar-refractivity contribution in [3.63, 3.8) is 0 Å². The maximum absolute atomic E-state index is 13.1. The van der Waals surface area contributed by atoms with E-state index in [1.165, 1.54) is 9.91 Å². The van der Waals surface area contributed by atoms with E-state index in [4.69, 9.17) is 9.47 Å². The highest BCUT2D eigenvalue weighted by Crippen LogP contribution is 2.37. The normalized spacial score (nSPS) is 15.5. The van der Waals surface area contributed by atoms with E-state index < -0.39 is 0 Å². The van der Waals surface area contributed by atoms with Gasteiger partial charge in [0.1, 0.15) is 18.0 Å². The molecule has 2 aromatic carbocycles. The molecule has 0 N–H and O–H groups in total. The molecule has 7 heteroatoms. The zero-order valence-electron chi connectivity index (χ0n) is 17.8. The van der Waals surface area contributed by atoms with Crippen LogP contribution < -0.4 is 9.47 Å². The van der Waals surface area contributed by atoms with E-state index in [0.717, 1.165) is 22.6 Å². The second-order valence-electron chi connectivity index (χ2n) is 7.08. The Morgan fingerprint density at radius 3 is 2.60 bits per heavy atom. The van der Waals surface area contributed by atoms with Crippen molar-refractivity contribution in [1.82, 2.24) is 9.91 Å². The molecule has 0 spiro atoms. The van der Waals surface area contributed by atoms with Crippen molar-refractivity contribution in [2.75, 3.05) is 27.8 Å². The van der Waals surface area contributed by atoms with Crippen LogP contribution in [0.2, 0.25) is 0 Å². The molecule has 0 aromatic heterocycles. The van der Waals surface area contributed by atoms with E-state index >= 15 is 0 Å². The summed E-state index contributed by atoms with van der Waals surface area (Å²) < 4.78 is 10.9. The number of amides is 2. The fraction of sp³-hybridized carbons (Fsp3) is 0.348.